The topological polar surface area (TPSA) is 41.5 Å². The molecule has 0 aliphatic heterocycles. The second-order valence-electron chi connectivity index (χ2n) is 4.30. The molecule has 0 heterocycles. The van der Waals surface area contributed by atoms with Crippen LogP contribution in [0.15, 0.2) is 36.4 Å². The number of rotatable bonds is 4. The second kappa shape index (κ2) is 5.61. The van der Waals surface area contributed by atoms with Crippen LogP contribution in [0.2, 0.25) is 0 Å². The van der Waals surface area contributed by atoms with E-state index in [2.05, 4.69) is 5.32 Å². The van der Waals surface area contributed by atoms with E-state index in [0.717, 1.165) is 5.56 Å². The van der Waals surface area contributed by atoms with Gasteiger partial charge in [0, 0.05) is 12.1 Å². The lowest BCUT2D eigenvalue weighted by atomic mass is 10.1. The molecule has 100 valence electrons. The number of nitrogens with one attached hydrogen (secondary N) is 1. The zero-order chi connectivity index (χ0) is 13.8. The highest BCUT2D eigenvalue weighted by Crippen LogP contribution is 2.30. The number of methoxy groups -OCH3 is 1. The van der Waals surface area contributed by atoms with Crippen molar-refractivity contribution in [1.82, 2.24) is 0 Å². The molecule has 19 heavy (non-hydrogen) atoms. The molecule has 0 aliphatic rings. The van der Waals surface area contributed by atoms with E-state index in [1.54, 1.807) is 24.3 Å². The molecule has 0 unspecified atom stereocenters. The summed E-state index contributed by atoms with van der Waals surface area (Å²) in [6, 6.07) is 10.2. The number of para-hydroxylation sites is 1. The summed E-state index contributed by atoms with van der Waals surface area (Å²) in [6.07, 6.45) is 0. The highest BCUT2D eigenvalue weighted by Gasteiger charge is 2.08. The zero-order valence-electron chi connectivity index (χ0n) is 10.9. The molecule has 0 fully saturated rings. The molecule has 4 heteroatoms. The van der Waals surface area contributed by atoms with Crippen LogP contribution < -0.4 is 10.1 Å². The van der Waals surface area contributed by atoms with Gasteiger partial charge in [0.1, 0.15) is 5.82 Å². The molecule has 0 bridgehead atoms. The summed E-state index contributed by atoms with van der Waals surface area (Å²) in [5, 5.41) is 12.9. The Morgan fingerprint density at radius 3 is 2.74 bits per heavy atom. The Labute approximate surface area is 111 Å². The number of hydrogen-bond donors (Lipinski definition) is 2. The third-order valence-electron chi connectivity index (χ3n) is 2.90. The summed E-state index contributed by atoms with van der Waals surface area (Å²) in [5.74, 6) is 0.177. The molecule has 0 aromatic heterocycles. The minimum absolute atomic E-state index is 0.0741. The maximum absolute atomic E-state index is 13.6. The Morgan fingerprint density at radius 2 is 2.05 bits per heavy atom. The standard InChI is InChI=1S/C15H16FNO2/c1-10-6-7-13(12(16)8-10)17-9-11-4-3-5-14(19-2)15(11)18/h3-8,17-18H,9H2,1-2H3. The van der Waals surface area contributed by atoms with Crippen LogP contribution in [-0.2, 0) is 6.54 Å². The summed E-state index contributed by atoms with van der Waals surface area (Å²) in [5.41, 5.74) is 1.93. The van der Waals surface area contributed by atoms with E-state index in [0.29, 0.717) is 23.5 Å². The monoisotopic (exact) mass is 261 g/mol. The quantitative estimate of drug-likeness (QED) is 0.885. The molecule has 2 aromatic rings. The molecule has 0 atom stereocenters. The van der Waals surface area contributed by atoms with Crippen LogP contribution >= 0.6 is 0 Å². The second-order valence-corrected chi connectivity index (χ2v) is 4.30. The van der Waals surface area contributed by atoms with Gasteiger partial charge in [-0.3, -0.25) is 0 Å². The van der Waals surface area contributed by atoms with E-state index in [9.17, 15) is 9.50 Å². The van der Waals surface area contributed by atoms with Gasteiger partial charge in [0.15, 0.2) is 11.5 Å². The van der Waals surface area contributed by atoms with Crippen LogP contribution in [-0.4, -0.2) is 12.2 Å². The fourth-order valence-corrected chi connectivity index (χ4v) is 1.83. The maximum Gasteiger partial charge on any atom is 0.162 e. The van der Waals surface area contributed by atoms with E-state index in [4.69, 9.17) is 4.74 Å². The van der Waals surface area contributed by atoms with Gasteiger partial charge in [-0.25, -0.2) is 4.39 Å². The molecule has 0 spiro atoms. The highest BCUT2D eigenvalue weighted by atomic mass is 19.1. The number of benzene rings is 2. The van der Waals surface area contributed by atoms with Crippen molar-refractivity contribution >= 4 is 5.69 Å². The fraction of sp³-hybridized carbons (Fsp3) is 0.200. The number of ether oxygens (including phenoxy) is 1. The van der Waals surface area contributed by atoms with Crippen LogP contribution in [0.4, 0.5) is 10.1 Å². The van der Waals surface area contributed by atoms with Crippen molar-refractivity contribution in [3.63, 3.8) is 0 Å². The normalized spacial score (nSPS) is 10.3. The minimum Gasteiger partial charge on any atom is -0.504 e. The van der Waals surface area contributed by atoms with Gasteiger partial charge in [-0.1, -0.05) is 18.2 Å². The number of phenols is 1. The molecule has 3 nitrogen and oxygen atoms in total. The van der Waals surface area contributed by atoms with Gasteiger partial charge in [0.25, 0.3) is 0 Å². The summed E-state index contributed by atoms with van der Waals surface area (Å²) in [6.45, 7) is 2.16. The lowest BCUT2D eigenvalue weighted by Gasteiger charge is -2.11. The van der Waals surface area contributed by atoms with E-state index in [1.165, 1.54) is 13.2 Å². The van der Waals surface area contributed by atoms with E-state index in [-0.39, 0.29) is 11.6 Å². The van der Waals surface area contributed by atoms with Gasteiger partial charge in [0.2, 0.25) is 0 Å². The Balaban J connectivity index is 2.14. The van der Waals surface area contributed by atoms with Crippen LogP contribution in [0.5, 0.6) is 11.5 Å². The smallest absolute Gasteiger partial charge is 0.162 e. The largest absolute Gasteiger partial charge is 0.504 e. The number of hydrogen-bond acceptors (Lipinski definition) is 3. The van der Waals surface area contributed by atoms with Gasteiger partial charge < -0.3 is 15.2 Å². The van der Waals surface area contributed by atoms with Crippen molar-refractivity contribution < 1.29 is 14.2 Å². The third-order valence-corrected chi connectivity index (χ3v) is 2.90. The first-order valence-corrected chi connectivity index (χ1v) is 5.96. The molecule has 2 N–H and O–H groups in total. The van der Waals surface area contributed by atoms with Gasteiger partial charge in [-0.05, 0) is 30.7 Å². The lowest BCUT2D eigenvalue weighted by molar-refractivity contribution is 0.371. The van der Waals surface area contributed by atoms with Crippen molar-refractivity contribution in [2.75, 3.05) is 12.4 Å². The van der Waals surface area contributed by atoms with Crippen molar-refractivity contribution in [3.8, 4) is 11.5 Å². The predicted molar refractivity (Wildman–Crippen MR) is 73.1 cm³/mol. The van der Waals surface area contributed by atoms with E-state index < -0.39 is 0 Å². The van der Waals surface area contributed by atoms with Crippen LogP contribution in [0.25, 0.3) is 0 Å². The number of aryl methyl sites for hydroxylation is 1. The molecule has 2 rings (SSSR count). The van der Waals surface area contributed by atoms with Gasteiger partial charge >= 0.3 is 0 Å². The first-order valence-electron chi connectivity index (χ1n) is 5.96. The summed E-state index contributed by atoms with van der Waals surface area (Å²) < 4.78 is 18.7. The van der Waals surface area contributed by atoms with Crippen molar-refractivity contribution in [2.45, 2.75) is 13.5 Å². The first kappa shape index (κ1) is 13.2. The predicted octanol–water partition coefficient (Wildman–Crippen LogP) is 3.46. The number of phenolic OH excluding ortho intramolecular Hbond substituents is 1. The van der Waals surface area contributed by atoms with E-state index >= 15 is 0 Å². The molecule has 0 amide bonds. The highest BCUT2D eigenvalue weighted by molar-refractivity contribution is 5.50. The van der Waals surface area contributed by atoms with Gasteiger partial charge in [0.05, 0.1) is 12.8 Å². The van der Waals surface area contributed by atoms with Gasteiger partial charge in [-0.15, -0.1) is 0 Å². The number of halogens is 1. The Morgan fingerprint density at radius 1 is 1.26 bits per heavy atom. The Kier molecular flexibility index (Phi) is 3.90. The van der Waals surface area contributed by atoms with Crippen molar-refractivity contribution in [3.05, 3.63) is 53.3 Å². The first-order chi connectivity index (χ1) is 9.11. The zero-order valence-corrected chi connectivity index (χ0v) is 10.9. The maximum atomic E-state index is 13.6. The lowest BCUT2D eigenvalue weighted by Crippen LogP contribution is -2.02. The van der Waals surface area contributed by atoms with Gasteiger partial charge in [-0.2, -0.15) is 0 Å². The number of aromatic hydroxyl groups is 1. The van der Waals surface area contributed by atoms with Crippen LogP contribution in [0.1, 0.15) is 11.1 Å². The molecule has 2 aromatic carbocycles. The van der Waals surface area contributed by atoms with Crippen molar-refractivity contribution in [1.29, 1.82) is 0 Å². The summed E-state index contributed by atoms with van der Waals surface area (Å²) >= 11 is 0. The summed E-state index contributed by atoms with van der Waals surface area (Å²) in [7, 11) is 1.49. The van der Waals surface area contributed by atoms with Crippen molar-refractivity contribution in [2.24, 2.45) is 0 Å². The average Bonchev–Trinajstić information content (AvgIpc) is 2.39. The molecule has 0 radical (unpaired) electrons. The molecular formula is C15H16FNO2. The molecule has 0 saturated carbocycles. The van der Waals surface area contributed by atoms with Crippen LogP contribution in [0, 0.1) is 12.7 Å². The minimum atomic E-state index is -0.303. The Bertz CT molecular complexity index is 584. The molecule has 0 saturated heterocycles. The SMILES string of the molecule is COc1cccc(CNc2ccc(C)cc2F)c1O. The summed E-state index contributed by atoms with van der Waals surface area (Å²) in [4.78, 5) is 0. The molecular weight excluding hydrogens is 245 g/mol. The Hall–Kier alpha value is -2.23. The van der Waals surface area contributed by atoms with Crippen LogP contribution in [0.3, 0.4) is 0 Å². The van der Waals surface area contributed by atoms with E-state index in [1.807, 2.05) is 13.0 Å². The third kappa shape index (κ3) is 2.96. The molecule has 0 aliphatic carbocycles. The fourth-order valence-electron chi connectivity index (χ4n) is 1.83. The number of anilines is 1. The average molecular weight is 261 g/mol.